The molecule has 0 saturated carbocycles. The van der Waals surface area contributed by atoms with E-state index < -0.39 is 0 Å². The van der Waals surface area contributed by atoms with Gasteiger partial charge in [0.05, 0.1) is 7.11 Å². The summed E-state index contributed by atoms with van der Waals surface area (Å²) in [6.45, 7) is 5.72. The van der Waals surface area contributed by atoms with Crippen molar-refractivity contribution >= 4 is 5.76 Å². The van der Waals surface area contributed by atoms with Crippen LogP contribution < -0.4 is 5.73 Å². The zero-order chi connectivity index (χ0) is 9.84. The summed E-state index contributed by atoms with van der Waals surface area (Å²) >= 11 is 0. The molecule has 0 bridgehead atoms. The summed E-state index contributed by atoms with van der Waals surface area (Å²) in [4.78, 5) is 0. The fourth-order valence-corrected chi connectivity index (χ4v) is 1.09. The van der Waals surface area contributed by atoms with E-state index in [1.54, 1.807) is 7.11 Å². The van der Waals surface area contributed by atoms with E-state index in [1.165, 1.54) is 0 Å². The van der Waals surface area contributed by atoms with Crippen molar-refractivity contribution in [2.24, 2.45) is 5.73 Å². The molecule has 0 aliphatic rings. The van der Waals surface area contributed by atoms with Crippen molar-refractivity contribution in [2.75, 3.05) is 7.11 Å². The normalized spacial score (nSPS) is 12.2. The van der Waals surface area contributed by atoms with Crippen LogP contribution in [0.15, 0.2) is 30.8 Å². The zero-order valence-corrected chi connectivity index (χ0v) is 8.08. The van der Waals surface area contributed by atoms with Crippen molar-refractivity contribution in [1.82, 2.24) is 0 Å². The molecule has 0 saturated heterocycles. The average Bonchev–Trinajstić information content (AvgIpc) is 2.17. The molecular weight excluding hydrogens is 162 g/mol. The van der Waals surface area contributed by atoms with Crippen LogP contribution in [0.5, 0.6) is 0 Å². The van der Waals surface area contributed by atoms with Crippen LogP contribution in [0, 0.1) is 0 Å². The third-order valence-electron chi connectivity index (χ3n) is 2.00. The largest absolute Gasteiger partial charge is 0.497 e. The molecule has 0 spiro atoms. The van der Waals surface area contributed by atoms with E-state index in [9.17, 15) is 0 Å². The van der Waals surface area contributed by atoms with Crippen molar-refractivity contribution in [3.05, 3.63) is 42.0 Å². The highest BCUT2D eigenvalue weighted by Gasteiger charge is 2.00. The van der Waals surface area contributed by atoms with Gasteiger partial charge in [-0.25, -0.2) is 0 Å². The average molecular weight is 179 g/mol. The van der Waals surface area contributed by atoms with Gasteiger partial charge < -0.3 is 10.5 Å². The first kappa shape index (κ1) is 9.81. The Labute approximate surface area is 80.5 Å². The maximum absolute atomic E-state index is 5.72. The molecule has 1 aromatic rings. The first-order valence-corrected chi connectivity index (χ1v) is 4.24. The van der Waals surface area contributed by atoms with E-state index in [0.717, 1.165) is 11.1 Å². The van der Waals surface area contributed by atoms with E-state index >= 15 is 0 Å². The fraction of sp³-hybridized carbons (Fsp3) is 0.273. The lowest BCUT2D eigenvalue weighted by Gasteiger charge is -2.07. The second kappa shape index (κ2) is 4.10. The third-order valence-corrected chi connectivity index (χ3v) is 2.00. The molecule has 0 heterocycles. The number of nitrogens with two attached hydrogens (primary N) is 1. The minimum Gasteiger partial charge on any atom is -0.497 e. The minimum atomic E-state index is 0. The standard InChI is InChI=1S/C11H15NO.H2/c1-8(12)10-4-6-11(7-5-10)9(2)13-3;/h4-8H,2,12H2,1,3H3;1H/t8-;/m1./s1. The van der Waals surface area contributed by atoms with Gasteiger partial charge in [0.15, 0.2) is 0 Å². The molecule has 1 aromatic carbocycles. The van der Waals surface area contributed by atoms with Crippen LogP contribution in [0.25, 0.3) is 5.76 Å². The Bertz CT molecular complexity index is 293. The van der Waals surface area contributed by atoms with Crippen LogP contribution in [0.1, 0.15) is 25.5 Å². The lowest BCUT2D eigenvalue weighted by molar-refractivity contribution is 0.371. The Morgan fingerprint density at radius 3 is 2.38 bits per heavy atom. The maximum atomic E-state index is 5.72. The molecule has 0 aliphatic heterocycles. The van der Waals surface area contributed by atoms with Gasteiger partial charge in [-0.05, 0) is 12.5 Å². The summed E-state index contributed by atoms with van der Waals surface area (Å²) < 4.78 is 5.01. The van der Waals surface area contributed by atoms with Crippen LogP contribution in [-0.2, 0) is 4.74 Å². The van der Waals surface area contributed by atoms with Gasteiger partial charge in [0.25, 0.3) is 0 Å². The van der Waals surface area contributed by atoms with Gasteiger partial charge >= 0.3 is 0 Å². The van der Waals surface area contributed by atoms with Gasteiger partial charge in [-0.1, -0.05) is 30.8 Å². The summed E-state index contributed by atoms with van der Waals surface area (Å²) in [5.41, 5.74) is 7.83. The summed E-state index contributed by atoms with van der Waals surface area (Å²) in [6.07, 6.45) is 0. The summed E-state index contributed by atoms with van der Waals surface area (Å²) in [6, 6.07) is 7.98. The first-order valence-electron chi connectivity index (χ1n) is 4.24. The predicted octanol–water partition coefficient (Wildman–Crippen LogP) is 2.57. The van der Waals surface area contributed by atoms with Crippen LogP contribution in [0.3, 0.4) is 0 Å². The van der Waals surface area contributed by atoms with Gasteiger partial charge in [-0.3, -0.25) is 0 Å². The highest BCUT2D eigenvalue weighted by Crippen LogP contribution is 2.16. The monoisotopic (exact) mass is 179 g/mol. The maximum Gasteiger partial charge on any atom is 0.118 e. The van der Waals surface area contributed by atoms with Gasteiger partial charge in [-0.15, -0.1) is 0 Å². The van der Waals surface area contributed by atoms with Crippen LogP contribution in [0.2, 0.25) is 0 Å². The highest BCUT2D eigenvalue weighted by molar-refractivity contribution is 5.57. The summed E-state index contributed by atoms with van der Waals surface area (Å²) in [5, 5.41) is 0. The molecule has 2 nitrogen and oxygen atoms in total. The second-order valence-electron chi connectivity index (χ2n) is 3.04. The molecule has 1 atom stereocenters. The molecule has 72 valence electrons. The highest BCUT2D eigenvalue weighted by atomic mass is 16.5. The van der Waals surface area contributed by atoms with E-state index in [4.69, 9.17) is 10.5 Å². The topological polar surface area (TPSA) is 35.2 Å². The Balaban J connectivity index is 0.00000169. The Morgan fingerprint density at radius 2 is 2.00 bits per heavy atom. The van der Waals surface area contributed by atoms with Gasteiger partial charge in [0.1, 0.15) is 5.76 Å². The zero-order valence-electron chi connectivity index (χ0n) is 8.08. The Kier molecular flexibility index (Phi) is 3.09. The predicted molar refractivity (Wildman–Crippen MR) is 57.2 cm³/mol. The molecule has 2 heteroatoms. The number of rotatable bonds is 3. The number of methoxy groups -OCH3 is 1. The molecule has 0 unspecified atom stereocenters. The van der Waals surface area contributed by atoms with Crippen LogP contribution in [-0.4, -0.2) is 7.11 Å². The molecule has 1 rings (SSSR count). The molecular formula is C11H17NO. The Morgan fingerprint density at radius 1 is 1.46 bits per heavy atom. The molecule has 2 N–H and O–H groups in total. The molecule has 0 fully saturated rings. The summed E-state index contributed by atoms with van der Waals surface area (Å²) in [7, 11) is 1.61. The fourth-order valence-electron chi connectivity index (χ4n) is 1.09. The second-order valence-corrected chi connectivity index (χ2v) is 3.04. The van der Waals surface area contributed by atoms with Crippen molar-refractivity contribution in [2.45, 2.75) is 13.0 Å². The molecule has 13 heavy (non-hydrogen) atoms. The van der Waals surface area contributed by atoms with E-state index in [-0.39, 0.29) is 7.47 Å². The number of hydrogen-bond acceptors (Lipinski definition) is 2. The first-order chi connectivity index (χ1) is 6.15. The lowest BCUT2D eigenvalue weighted by atomic mass is 10.1. The van der Waals surface area contributed by atoms with Crippen LogP contribution in [0.4, 0.5) is 0 Å². The molecule has 0 aliphatic carbocycles. The third kappa shape index (κ3) is 2.33. The number of ether oxygens (including phenoxy) is 1. The van der Waals surface area contributed by atoms with Gasteiger partial charge in [0.2, 0.25) is 0 Å². The van der Waals surface area contributed by atoms with Gasteiger partial charge in [0, 0.05) is 13.0 Å². The van der Waals surface area contributed by atoms with E-state index in [1.807, 2.05) is 31.2 Å². The number of benzene rings is 1. The quantitative estimate of drug-likeness (QED) is 0.724. The number of hydrogen-bond donors (Lipinski definition) is 1. The van der Waals surface area contributed by atoms with Crippen molar-refractivity contribution in [1.29, 1.82) is 0 Å². The van der Waals surface area contributed by atoms with Crippen molar-refractivity contribution in [3.8, 4) is 0 Å². The van der Waals surface area contributed by atoms with E-state index in [2.05, 4.69) is 6.58 Å². The van der Waals surface area contributed by atoms with Gasteiger partial charge in [-0.2, -0.15) is 0 Å². The smallest absolute Gasteiger partial charge is 0.118 e. The van der Waals surface area contributed by atoms with Crippen molar-refractivity contribution < 1.29 is 6.16 Å². The molecule has 0 aromatic heterocycles. The minimum absolute atomic E-state index is 0. The van der Waals surface area contributed by atoms with Crippen LogP contribution >= 0.6 is 0 Å². The lowest BCUT2D eigenvalue weighted by Crippen LogP contribution is -2.04. The Hall–Kier alpha value is -1.28. The molecule has 0 amide bonds. The summed E-state index contributed by atoms with van der Waals surface area (Å²) in [5.74, 6) is 0.677. The van der Waals surface area contributed by atoms with E-state index in [0.29, 0.717) is 5.76 Å². The molecule has 0 radical (unpaired) electrons. The van der Waals surface area contributed by atoms with Crippen molar-refractivity contribution in [3.63, 3.8) is 0 Å². The SMILES string of the molecule is C=C(OC)c1ccc([C@@H](C)N)cc1.[HH].